The fourth-order valence-electron chi connectivity index (χ4n) is 3.00. The highest BCUT2D eigenvalue weighted by molar-refractivity contribution is 5.49. The molecule has 0 saturated heterocycles. The Morgan fingerprint density at radius 1 is 1.22 bits per heavy atom. The Morgan fingerprint density at radius 3 is 2.61 bits per heavy atom. The Bertz CT molecular complexity index is 367. The fourth-order valence-corrected chi connectivity index (χ4v) is 3.00. The van der Waals surface area contributed by atoms with Crippen LogP contribution in [-0.4, -0.2) is 12.6 Å². The lowest BCUT2D eigenvalue weighted by molar-refractivity contribution is 0.268. The van der Waals surface area contributed by atoms with Crippen LogP contribution in [0.1, 0.15) is 40.0 Å². The summed E-state index contributed by atoms with van der Waals surface area (Å²) in [6.45, 7) is 7.46. The number of hydrogen-bond acceptors (Lipinski definition) is 2. The number of rotatable bonds is 4. The minimum absolute atomic E-state index is 0.593. The van der Waals surface area contributed by atoms with Gasteiger partial charge in [-0.05, 0) is 43.7 Å². The normalized spacial score (nSPS) is 27.8. The van der Waals surface area contributed by atoms with E-state index in [4.69, 9.17) is 4.74 Å². The second-order valence-corrected chi connectivity index (χ2v) is 5.52. The molecule has 2 unspecified atom stereocenters. The SMILES string of the molecule is CCOc1cccc(NC2C(C)CCCC2C)c1. The van der Waals surface area contributed by atoms with E-state index in [1.807, 2.05) is 13.0 Å². The van der Waals surface area contributed by atoms with Crippen LogP contribution in [0.5, 0.6) is 5.75 Å². The van der Waals surface area contributed by atoms with Gasteiger partial charge in [0.2, 0.25) is 0 Å². The van der Waals surface area contributed by atoms with Crippen molar-refractivity contribution in [1.29, 1.82) is 0 Å². The Kier molecular flexibility index (Phi) is 4.51. The summed E-state index contributed by atoms with van der Waals surface area (Å²) in [6.07, 6.45) is 4.06. The molecule has 0 heterocycles. The minimum atomic E-state index is 0.593. The minimum Gasteiger partial charge on any atom is -0.494 e. The summed E-state index contributed by atoms with van der Waals surface area (Å²) in [5, 5.41) is 3.70. The summed E-state index contributed by atoms with van der Waals surface area (Å²) in [4.78, 5) is 0. The Morgan fingerprint density at radius 2 is 1.94 bits per heavy atom. The van der Waals surface area contributed by atoms with Gasteiger partial charge in [0.1, 0.15) is 5.75 Å². The van der Waals surface area contributed by atoms with Gasteiger partial charge in [-0.2, -0.15) is 0 Å². The van der Waals surface area contributed by atoms with Crippen molar-refractivity contribution in [2.45, 2.75) is 46.1 Å². The highest BCUT2D eigenvalue weighted by atomic mass is 16.5. The largest absolute Gasteiger partial charge is 0.494 e. The van der Waals surface area contributed by atoms with Crippen LogP contribution in [0.3, 0.4) is 0 Å². The van der Waals surface area contributed by atoms with Gasteiger partial charge >= 0.3 is 0 Å². The Hall–Kier alpha value is -1.18. The second-order valence-electron chi connectivity index (χ2n) is 5.52. The molecule has 1 aromatic carbocycles. The molecule has 18 heavy (non-hydrogen) atoms. The molecule has 1 saturated carbocycles. The highest BCUT2D eigenvalue weighted by Gasteiger charge is 2.27. The van der Waals surface area contributed by atoms with E-state index in [1.165, 1.54) is 24.9 Å². The van der Waals surface area contributed by atoms with Crippen molar-refractivity contribution in [1.82, 2.24) is 0 Å². The average molecular weight is 247 g/mol. The summed E-state index contributed by atoms with van der Waals surface area (Å²) >= 11 is 0. The number of benzene rings is 1. The maximum Gasteiger partial charge on any atom is 0.121 e. The summed E-state index contributed by atoms with van der Waals surface area (Å²) in [6, 6.07) is 8.91. The van der Waals surface area contributed by atoms with E-state index in [0.717, 1.165) is 24.2 Å². The van der Waals surface area contributed by atoms with Crippen LogP contribution in [0.2, 0.25) is 0 Å². The molecule has 0 aliphatic heterocycles. The first-order chi connectivity index (χ1) is 8.70. The fraction of sp³-hybridized carbons (Fsp3) is 0.625. The van der Waals surface area contributed by atoms with Crippen molar-refractivity contribution in [3.05, 3.63) is 24.3 Å². The summed E-state index contributed by atoms with van der Waals surface area (Å²) < 4.78 is 5.55. The molecule has 0 amide bonds. The van der Waals surface area contributed by atoms with E-state index in [1.54, 1.807) is 0 Å². The molecule has 1 aliphatic carbocycles. The van der Waals surface area contributed by atoms with Crippen LogP contribution < -0.4 is 10.1 Å². The number of hydrogen-bond donors (Lipinski definition) is 1. The van der Waals surface area contributed by atoms with E-state index in [-0.39, 0.29) is 0 Å². The maximum absolute atomic E-state index is 5.55. The van der Waals surface area contributed by atoms with Crippen LogP contribution in [0.4, 0.5) is 5.69 Å². The zero-order valence-electron chi connectivity index (χ0n) is 11.8. The van der Waals surface area contributed by atoms with E-state index >= 15 is 0 Å². The van der Waals surface area contributed by atoms with Crippen LogP contribution in [0, 0.1) is 11.8 Å². The molecule has 2 nitrogen and oxygen atoms in total. The van der Waals surface area contributed by atoms with E-state index in [9.17, 15) is 0 Å². The molecule has 0 bridgehead atoms. The molecule has 100 valence electrons. The van der Waals surface area contributed by atoms with Crippen LogP contribution in [0.25, 0.3) is 0 Å². The van der Waals surface area contributed by atoms with Gasteiger partial charge in [0.15, 0.2) is 0 Å². The Balaban J connectivity index is 2.05. The number of anilines is 1. The zero-order chi connectivity index (χ0) is 13.0. The van der Waals surface area contributed by atoms with Crippen LogP contribution in [-0.2, 0) is 0 Å². The van der Waals surface area contributed by atoms with Crippen molar-refractivity contribution < 1.29 is 4.74 Å². The van der Waals surface area contributed by atoms with E-state index in [2.05, 4.69) is 37.4 Å². The smallest absolute Gasteiger partial charge is 0.121 e. The van der Waals surface area contributed by atoms with Gasteiger partial charge in [-0.3, -0.25) is 0 Å². The predicted molar refractivity (Wildman–Crippen MR) is 77.2 cm³/mol. The average Bonchev–Trinajstić information content (AvgIpc) is 2.35. The van der Waals surface area contributed by atoms with Gasteiger partial charge in [-0.15, -0.1) is 0 Å². The van der Waals surface area contributed by atoms with Crippen LogP contribution >= 0.6 is 0 Å². The predicted octanol–water partition coefficient (Wildman–Crippen LogP) is 4.32. The first-order valence-corrected chi connectivity index (χ1v) is 7.20. The molecule has 0 radical (unpaired) electrons. The summed E-state index contributed by atoms with van der Waals surface area (Å²) in [5.74, 6) is 2.47. The number of ether oxygens (including phenoxy) is 1. The third kappa shape index (κ3) is 3.18. The molecule has 2 rings (SSSR count). The van der Waals surface area contributed by atoms with Gasteiger partial charge < -0.3 is 10.1 Å². The monoisotopic (exact) mass is 247 g/mol. The highest BCUT2D eigenvalue weighted by Crippen LogP contribution is 2.31. The maximum atomic E-state index is 5.55. The first kappa shape index (κ1) is 13.3. The summed E-state index contributed by atoms with van der Waals surface area (Å²) in [7, 11) is 0. The van der Waals surface area contributed by atoms with Gasteiger partial charge in [0.25, 0.3) is 0 Å². The molecule has 0 spiro atoms. The van der Waals surface area contributed by atoms with Crippen molar-refractivity contribution in [3.8, 4) is 5.75 Å². The van der Waals surface area contributed by atoms with Gasteiger partial charge in [-0.25, -0.2) is 0 Å². The second kappa shape index (κ2) is 6.12. The molecular formula is C16H25NO. The quantitative estimate of drug-likeness (QED) is 0.855. The zero-order valence-corrected chi connectivity index (χ0v) is 11.8. The molecule has 1 fully saturated rings. The molecule has 1 aliphatic rings. The lowest BCUT2D eigenvalue weighted by Gasteiger charge is -2.36. The van der Waals surface area contributed by atoms with Gasteiger partial charge in [0.05, 0.1) is 6.61 Å². The molecule has 0 aromatic heterocycles. The lowest BCUT2D eigenvalue weighted by Crippen LogP contribution is -2.37. The standard InChI is InChI=1S/C16H25NO/c1-4-18-15-10-6-9-14(11-15)17-16-12(2)7-5-8-13(16)3/h6,9-13,16-17H,4-5,7-8H2,1-3H3. The van der Waals surface area contributed by atoms with Crippen molar-refractivity contribution in [2.24, 2.45) is 11.8 Å². The molecule has 1 N–H and O–H groups in total. The molecule has 2 heteroatoms. The third-order valence-corrected chi connectivity index (χ3v) is 4.02. The number of nitrogens with one attached hydrogen (secondary N) is 1. The molecular weight excluding hydrogens is 222 g/mol. The van der Waals surface area contributed by atoms with Crippen molar-refractivity contribution >= 4 is 5.69 Å². The Labute approximate surface area is 111 Å². The topological polar surface area (TPSA) is 21.3 Å². The van der Waals surface area contributed by atoms with Crippen LogP contribution in [0.15, 0.2) is 24.3 Å². The van der Waals surface area contributed by atoms with E-state index in [0.29, 0.717) is 6.04 Å². The molecule has 1 aromatic rings. The summed E-state index contributed by atoms with van der Waals surface area (Å²) in [5.41, 5.74) is 1.19. The van der Waals surface area contributed by atoms with Gasteiger partial charge in [0, 0.05) is 17.8 Å². The van der Waals surface area contributed by atoms with Crippen molar-refractivity contribution in [3.63, 3.8) is 0 Å². The van der Waals surface area contributed by atoms with Gasteiger partial charge in [-0.1, -0.05) is 26.3 Å². The molecule has 2 atom stereocenters. The van der Waals surface area contributed by atoms with Crippen molar-refractivity contribution in [2.75, 3.05) is 11.9 Å². The third-order valence-electron chi connectivity index (χ3n) is 4.02. The first-order valence-electron chi connectivity index (χ1n) is 7.20. The van der Waals surface area contributed by atoms with E-state index < -0.39 is 0 Å². The lowest BCUT2D eigenvalue weighted by atomic mass is 9.78.